The molecule has 0 unspecified atom stereocenters. The highest BCUT2D eigenvalue weighted by molar-refractivity contribution is 9.12. The summed E-state index contributed by atoms with van der Waals surface area (Å²) in [5.41, 5.74) is 0.117. The summed E-state index contributed by atoms with van der Waals surface area (Å²) in [6.07, 6.45) is 0. The molecule has 1 aliphatic heterocycles. The molecule has 4 nitrogen and oxygen atoms in total. The second-order valence-electron chi connectivity index (χ2n) is 4.71. The number of rotatable bonds is 2. The summed E-state index contributed by atoms with van der Waals surface area (Å²) in [6.45, 7) is 5.16. The monoisotopic (exact) mass is 326 g/mol. The number of benzene rings is 1. The molecule has 0 N–H and O–H groups in total. The first-order valence-electron chi connectivity index (χ1n) is 5.81. The van der Waals surface area contributed by atoms with Gasteiger partial charge in [0.25, 0.3) is 0 Å². The average molecular weight is 327 g/mol. The lowest BCUT2D eigenvalue weighted by Crippen LogP contribution is -2.33. The van der Waals surface area contributed by atoms with E-state index in [0.717, 1.165) is 5.56 Å². The van der Waals surface area contributed by atoms with Crippen LogP contribution in [0.15, 0.2) is 22.7 Å². The van der Waals surface area contributed by atoms with Gasteiger partial charge in [0, 0.05) is 13.0 Å². The topological polar surface area (TPSA) is 44.8 Å². The SMILES string of the molecule is COc1ccc2c(c1)OC(C)(C)C(Br)=C2OC(C)=O. The first-order valence-corrected chi connectivity index (χ1v) is 6.60. The lowest BCUT2D eigenvalue weighted by molar-refractivity contribution is -0.134. The molecule has 0 spiro atoms. The third-order valence-electron chi connectivity index (χ3n) is 2.77. The summed E-state index contributed by atoms with van der Waals surface area (Å²) in [6, 6.07) is 5.38. The van der Waals surface area contributed by atoms with Crippen molar-refractivity contribution in [2.24, 2.45) is 0 Å². The fourth-order valence-electron chi connectivity index (χ4n) is 1.86. The van der Waals surface area contributed by atoms with Gasteiger partial charge in [-0.3, -0.25) is 4.79 Å². The van der Waals surface area contributed by atoms with Crippen LogP contribution >= 0.6 is 15.9 Å². The maximum atomic E-state index is 11.3. The van der Waals surface area contributed by atoms with E-state index in [1.165, 1.54) is 6.92 Å². The molecule has 102 valence electrons. The van der Waals surface area contributed by atoms with E-state index >= 15 is 0 Å². The minimum absolute atomic E-state index is 0.369. The molecule has 0 bridgehead atoms. The van der Waals surface area contributed by atoms with Crippen LogP contribution in [-0.2, 0) is 9.53 Å². The van der Waals surface area contributed by atoms with Crippen LogP contribution in [0.5, 0.6) is 11.5 Å². The predicted octanol–water partition coefficient (Wildman–Crippen LogP) is 3.49. The van der Waals surface area contributed by atoms with Gasteiger partial charge < -0.3 is 14.2 Å². The molecule has 0 saturated heterocycles. The minimum Gasteiger partial charge on any atom is -0.497 e. The van der Waals surface area contributed by atoms with Gasteiger partial charge in [0.05, 0.1) is 17.2 Å². The predicted molar refractivity (Wildman–Crippen MR) is 75.3 cm³/mol. The summed E-state index contributed by atoms with van der Waals surface area (Å²) in [5.74, 6) is 1.44. The highest BCUT2D eigenvalue weighted by Gasteiger charge is 2.35. The van der Waals surface area contributed by atoms with E-state index in [0.29, 0.717) is 21.7 Å². The fraction of sp³-hybridized carbons (Fsp3) is 0.357. The molecule has 1 heterocycles. The first kappa shape index (κ1) is 13.9. The van der Waals surface area contributed by atoms with Crippen molar-refractivity contribution in [3.8, 4) is 11.5 Å². The molecule has 5 heteroatoms. The van der Waals surface area contributed by atoms with Crippen molar-refractivity contribution < 1.29 is 19.0 Å². The lowest BCUT2D eigenvalue weighted by Gasteiger charge is -2.33. The van der Waals surface area contributed by atoms with Gasteiger partial charge in [-0.15, -0.1) is 0 Å². The number of hydrogen-bond donors (Lipinski definition) is 0. The van der Waals surface area contributed by atoms with Gasteiger partial charge in [0.15, 0.2) is 5.76 Å². The Balaban J connectivity index is 2.58. The van der Waals surface area contributed by atoms with Crippen LogP contribution in [0.1, 0.15) is 26.3 Å². The minimum atomic E-state index is -0.607. The van der Waals surface area contributed by atoms with Crippen LogP contribution < -0.4 is 9.47 Å². The molecule has 0 atom stereocenters. The van der Waals surface area contributed by atoms with E-state index in [1.807, 2.05) is 19.9 Å². The Hall–Kier alpha value is -1.49. The molecule has 2 rings (SSSR count). The zero-order chi connectivity index (χ0) is 14.2. The zero-order valence-corrected chi connectivity index (χ0v) is 12.8. The summed E-state index contributed by atoms with van der Waals surface area (Å²) in [4.78, 5) is 11.3. The van der Waals surface area contributed by atoms with Crippen molar-refractivity contribution in [3.05, 3.63) is 28.2 Å². The Kier molecular flexibility index (Phi) is 3.58. The third-order valence-corrected chi connectivity index (χ3v) is 4.09. The molecule has 19 heavy (non-hydrogen) atoms. The van der Waals surface area contributed by atoms with Gasteiger partial charge in [-0.05, 0) is 41.9 Å². The Morgan fingerprint density at radius 1 is 1.37 bits per heavy atom. The van der Waals surface area contributed by atoms with Crippen LogP contribution in [0.3, 0.4) is 0 Å². The molecule has 0 aromatic heterocycles. The summed E-state index contributed by atoms with van der Waals surface area (Å²) < 4.78 is 17.1. The van der Waals surface area contributed by atoms with Crippen molar-refractivity contribution in [2.45, 2.75) is 26.4 Å². The highest BCUT2D eigenvalue weighted by Crippen LogP contribution is 2.45. The van der Waals surface area contributed by atoms with Crippen LogP contribution in [0.25, 0.3) is 5.76 Å². The van der Waals surface area contributed by atoms with E-state index in [4.69, 9.17) is 14.2 Å². The number of esters is 1. The second-order valence-corrected chi connectivity index (χ2v) is 5.50. The van der Waals surface area contributed by atoms with Crippen molar-refractivity contribution in [3.63, 3.8) is 0 Å². The number of carbonyl (C=O) groups is 1. The number of ether oxygens (including phenoxy) is 3. The summed E-state index contributed by atoms with van der Waals surface area (Å²) >= 11 is 3.46. The zero-order valence-electron chi connectivity index (χ0n) is 11.2. The molecule has 0 amide bonds. The number of methoxy groups -OCH3 is 1. The Bertz CT molecular complexity index is 561. The molecular formula is C14H15BrO4. The van der Waals surface area contributed by atoms with Crippen molar-refractivity contribution in [1.82, 2.24) is 0 Å². The molecule has 1 aromatic carbocycles. The molecule has 0 fully saturated rings. The highest BCUT2D eigenvalue weighted by atomic mass is 79.9. The van der Waals surface area contributed by atoms with Gasteiger partial charge in [0.2, 0.25) is 0 Å². The van der Waals surface area contributed by atoms with Crippen LogP contribution in [0.4, 0.5) is 0 Å². The third kappa shape index (κ3) is 2.61. The van der Waals surface area contributed by atoms with Crippen LogP contribution in [0, 0.1) is 0 Å². The molecule has 1 aliphatic rings. The number of fused-ring (bicyclic) bond motifs is 1. The van der Waals surface area contributed by atoms with Crippen molar-refractivity contribution >= 4 is 27.7 Å². The lowest BCUT2D eigenvalue weighted by atomic mass is 10.0. The van der Waals surface area contributed by atoms with Gasteiger partial charge in [0.1, 0.15) is 17.1 Å². The molecular weight excluding hydrogens is 312 g/mol. The van der Waals surface area contributed by atoms with Crippen LogP contribution in [-0.4, -0.2) is 18.7 Å². The first-order chi connectivity index (χ1) is 8.85. The summed E-state index contributed by atoms with van der Waals surface area (Å²) in [5, 5.41) is 0. The molecule has 0 radical (unpaired) electrons. The second kappa shape index (κ2) is 4.89. The van der Waals surface area contributed by atoms with Gasteiger partial charge in [-0.25, -0.2) is 0 Å². The van der Waals surface area contributed by atoms with Crippen molar-refractivity contribution in [1.29, 1.82) is 0 Å². The Morgan fingerprint density at radius 2 is 2.05 bits per heavy atom. The number of halogens is 1. The molecule has 0 aliphatic carbocycles. The van der Waals surface area contributed by atoms with Crippen molar-refractivity contribution in [2.75, 3.05) is 7.11 Å². The normalized spacial score (nSPS) is 16.5. The van der Waals surface area contributed by atoms with E-state index in [1.54, 1.807) is 19.2 Å². The van der Waals surface area contributed by atoms with Crippen LogP contribution in [0.2, 0.25) is 0 Å². The number of hydrogen-bond acceptors (Lipinski definition) is 4. The average Bonchev–Trinajstić information content (AvgIpc) is 2.33. The quantitative estimate of drug-likeness (QED) is 0.780. The smallest absolute Gasteiger partial charge is 0.308 e. The van der Waals surface area contributed by atoms with E-state index in [9.17, 15) is 4.79 Å². The number of carbonyl (C=O) groups excluding carboxylic acids is 1. The van der Waals surface area contributed by atoms with E-state index in [-0.39, 0.29) is 5.97 Å². The van der Waals surface area contributed by atoms with Gasteiger partial charge >= 0.3 is 5.97 Å². The van der Waals surface area contributed by atoms with Gasteiger partial charge in [-0.2, -0.15) is 0 Å². The maximum absolute atomic E-state index is 11.3. The largest absolute Gasteiger partial charge is 0.497 e. The van der Waals surface area contributed by atoms with E-state index < -0.39 is 5.60 Å². The van der Waals surface area contributed by atoms with E-state index in [2.05, 4.69) is 15.9 Å². The summed E-state index contributed by atoms with van der Waals surface area (Å²) in [7, 11) is 1.59. The molecule has 1 aromatic rings. The standard InChI is InChI=1S/C14H15BrO4/c1-8(16)18-12-10-6-5-9(17-4)7-11(10)19-14(2,3)13(12)15/h5-7H,1-4H3. The van der Waals surface area contributed by atoms with Gasteiger partial charge in [-0.1, -0.05) is 0 Å². The fourth-order valence-corrected chi connectivity index (χ4v) is 2.23. The molecule has 0 saturated carbocycles. The maximum Gasteiger partial charge on any atom is 0.308 e. The Morgan fingerprint density at radius 3 is 2.63 bits per heavy atom. The Labute approximate surface area is 120 Å².